The van der Waals surface area contributed by atoms with Crippen molar-refractivity contribution in [2.24, 2.45) is 0 Å². The molecule has 68 valence electrons. The molecule has 0 saturated heterocycles. The van der Waals surface area contributed by atoms with Crippen molar-refractivity contribution in [1.29, 1.82) is 0 Å². The minimum Gasteiger partial charge on any atom is -0.490 e. The van der Waals surface area contributed by atoms with Crippen LogP contribution in [0.3, 0.4) is 0 Å². The van der Waals surface area contributed by atoms with Crippen molar-refractivity contribution in [3.8, 4) is 5.75 Å². The van der Waals surface area contributed by atoms with E-state index in [9.17, 15) is 0 Å². The molecule has 0 aromatic heterocycles. The molecule has 2 rings (SSSR count). The molecule has 1 nitrogen and oxygen atoms in total. The third-order valence-corrected chi connectivity index (χ3v) is 2.16. The van der Waals surface area contributed by atoms with Crippen molar-refractivity contribution < 1.29 is 4.74 Å². The summed E-state index contributed by atoms with van der Waals surface area (Å²) < 4.78 is 5.76. The smallest absolute Gasteiger partial charge is 0.127 e. The number of hydrogen-bond donors (Lipinski definition) is 0. The summed E-state index contributed by atoms with van der Waals surface area (Å²) in [6.07, 6.45) is 2.86. The van der Waals surface area contributed by atoms with E-state index >= 15 is 0 Å². The number of benzene rings is 1. The quantitative estimate of drug-likeness (QED) is 0.683. The second-order valence-electron chi connectivity index (χ2n) is 3.59. The third-order valence-electron chi connectivity index (χ3n) is 2.16. The summed E-state index contributed by atoms with van der Waals surface area (Å²) in [5.74, 6) is 0.984. The average Bonchev–Trinajstić information content (AvgIpc) is 2.89. The summed E-state index contributed by atoms with van der Waals surface area (Å²) in [4.78, 5) is 0. The molecule has 1 saturated carbocycles. The van der Waals surface area contributed by atoms with E-state index in [1.54, 1.807) is 0 Å². The number of hydrogen-bond acceptors (Lipinski definition) is 1. The van der Waals surface area contributed by atoms with Gasteiger partial charge in [0.05, 0.1) is 6.10 Å². The van der Waals surface area contributed by atoms with Crippen LogP contribution in [0.15, 0.2) is 30.8 Å². The van der Waals surface area contributed by atoms with Gasteiger partial charge in [-0.2, -0.15) is 0 Å². The molecule has 1 aromatic carbocycles. The molecule has 0 atom stereocenters. The zero-order valence-electron chi connectivity index (χ0n) is 7.92. The van der Waals surface area contributed by atoms with Gasteiger partial charge in [-0.1, -0.05) is 24.8 Å². The maximum atomic E-state index is 5.76. The normalized spacial score (nSPS) is 15.5. The first-order valence-electron chi connectivity index (χ1n) is 4.69. The highest BCUT2D eigenvalue weighted by molar-refractivity contribution is 5.67. The Balaban J connectivity index is 2.25. The third kappa shape index (κ3) is 1.92. The molecule has 1 fully saturated rings. The van der Waals surface area contributed by atoms with Crippen molar-refractivity contribution in [3.05, 3.63) is 36.4 Å². The van der Waals surface area contributed by atoms with E-state index in [4.69, 9.17) is 4.74 Å². The molecule has 1 heteroatoms. The zero-order valence-corrected chi connectivity index (χ0v) is 7.92. The van der Waals surface area contributed by atoms with E-state index in [1.807, 2.05) is 25.1 Å². The Morgan fingerprint density at radius 2 is 2.08 bits per heavy atom. The number of rotatable bonds is 3. The highest BCUT2D eigenvalue weighted by atomic mass is 16.5. The zero-order chi connectivity index (χ0) is 9.26. The van der Waals surface area contributed by atoms with E-state index in [2.05, 4.69) is 12.6 Å². The van der Waals surface area contributed by atoms with Crippen LogP contribution in [0.2, 0.25) is 0 Å². The molecule has 0 radical (unpaired) electrons. The van der Waals surface area contributed by atoms with Crippen LogP contribution in [0.1, 0.15) is 25.3 Å². The fraction of sp³-hybridized carbons (Fsp3) is 0.333. The first kappa shape index (κ1) is 8.36. The second-order valence-corrected chi connectivity index (χ2v) is 3.59. The SMILES string of the molecule is C=C(C)c1ccccc1OC1CC1. The molecule has 0 N–H and O–H groups in total. The Hall–Kier alpha value is -1.24. The molecule has 0 bridgehead atoms. The summed E-state index contributed by atoms with van der Waals surface area (Å²) >= 11 is 0. The Morgan fingerprint density at radius 1 is 1.38 bits per heavy atom. The number of allylic oxidation sites excluding steroid dienone is 1. The highest BCUT2D eigenvalue weighted by Gasteiger charge is 2.24. The van der Waals surface area contributed by atoms with Crippen molar-refractivity contribution in [3.63, 3.8) is 0 Å². The summed E-state index contributed by atoms with van der Waals surface area (Å²) in [5, 5.41) is 0. The maximum Gasteiger partial charge on any atom is 0.127 e. The summed E-state index contributed by atoms with van der Waals surface area (Å²) in [5.41, 5.74) is 2.20. The lowest BCUT2D eigenvalue weighted by molar-refractivity contribution is 0.302. The Labute approximate surface area is 79.0 Å². The topological polar surface area (TPSA) is 9.23 Å². The van der Waals surface area contributed by atoms with E-state index in [0.717, 1.165) is 16.9 Å². The van der Waals surface area contributed by atoms with Gasteiger partial charge in [-0.25, -0.2) is 0 Å². The minimum atomic E-state index is 0.459. The molecule has 0 spiro atoms. The number of ether oxygens (including phenoxy) is 1. The van der Waals surface area contributed by atoms with E-state index in [1.165, 1.54) is 12.8 Å². The van der Waals surface area contributed by atoms with Crippen molar-refractivity contribution in [1.82, 2.24) is 0 Å². The van der Waals surface area contributed by atoms with Crippen molar-refractivity contribution >= 4 is 5.57 Å². The van der Waals surface area contributed by atoms with Gasteiger partial charge in [-0.15, -0.1) is 0 Å². The molecule has 13 heavy (non-hydrogen) atoms. The van der Waals surface area contributed by atoms with Crippen LogP contribution >= 0.6 is 0 Å². The standard InChI is InChI=1S/C12H14O/c1-9(2)11-5-3-4-6-12(11)13-10-7-8-10/h3-6,10H,1,7-8H2,2H3. The molecule has 1 aliphatic carbocycles. The van der Waals surface area contributed by atoms with E-state index < -0.39 is 0 Å². The largest absolute Gasteiger partial charge is 0.490 e. The fourth-order valence-electron chi connectivity index (χ4n) is 1.29. The van der Waals surface area contributed by atoms with Crippen LogP contribution < -0.4 is 4.74 Å². The lowest BCUT2D eigenvalue weighted by atomic mass is 10.1. The summed E-state index contributed by atoms with van der Waals surface area (Å²) in [7, 11) is 0. The molecule has 0 unspecified atom stereocenters. The summed E-state index contributed by atoms with van der Waals surface area (Å²) in [6.45, 7) is 5.94. The lowest BCUT2D eigenvalue weighted by Gasteiger charge is -2.09. The van der Waals surface area contributed by atoms with Gasteiger partial charge in [0.25, 0.3) is 0 Å². The molecule has 1 aromatic rings. The Kier molecular flexibility index (Phi) is 2.09. The molecular formula is C12H14O. The van der Waals surface area contributed by atoms with Gasteiger partial charge < -0.3 is 4.74 Å². The van der Waals surface area contributed by atoms with Crippen LogP contribution in [0.5, 0.6) is 5.75 Å². The predicted octanol–water partition coefficient (Wildman–Crippen LogP) is 3.26. The van der Waals surface area contributed by atoms with Gasteiger partial charge >= 0.3 is 0 Å². The van der Waals surface area contributed by atoms with Crippen LogP contribution in [0.25, 0.3) is 5.57 Å². The lowest BCUT2D eigenvalue weighted by Crippen LogP contribution is -1.98. The highest BCUT2D eigenvalue weighted by Crippen LogP contribution is 2.31. The molecule has 0 aliphatic heterocycles. The van der Waals surface area contributed by atoms with Crippen LogP contribution in [-0.2, 0) is 0 Å². The first-order valence-corrected chi connectivity index (χ1v) is 4.69. The molecule has 1 aliphatic rings. The second kappa shape index (κ2) is 3.25. The summed E-state index contributed by atoms with van der Waals surface area (Å²) in [6, 6.07) is 8.09. The van der Waals surface area contributed by atoms with Gasteiger partial charge in [0.1, 0.15) is 5.75 Å². The average molecular weight is 174 g/mol. The first-order chi connectivity index (χ1) is 6.27. The maximum absolute atomic E-state index is 5.76. The van der Waals surface area contributed by atoms with Gasteiger partial charge in [0, 0.05) is 5.56 Å². The Morgan fingerprint density at radius 3 is 2.69 bits per heavy atom. The van der Waals surface area contributed by atoms with Gasteiger partial charge in [0.2, 0.25) is 0 Å². The molecule has 0 heterocycles. The van der Waals surface area contributed by atoms with Crippen LogP contribution in [0, 0.1) is 0 Å². The van der Waals surface area contributed by atoms with E-state index in [-0.39, 0.29) is 0 Å². The monoisotopic (exact) mass is 174 g/mol. The minimum absolute atomic E-state index is 0.459. The van der Waals surface area contributed by atoms with Crippen LogP contribution in [0.4, 0.5) is 0 Å². The number of para-hydroxylation sites is 1. The molecule has 0 amide bonds. The Bertz CT molecular complexity index is 324. The van der Waals surface area contributed by atoms with Gasteiger partial charge in [0.15, 0.2) is 0 Å². The van der Waals surface area contributed by atoms with Crippen molar-refractivity contribution in [2.75, 3.05) is 0 Å². The van der Waals surface area contributed by atoms with E-state index in [0.29, 0.717) is 6.10 Å². The predicted molar refractivity (Wildman–Crippen MR) is 54.8 cm³/mol. The molecular weight excluding hydrogens is 160 g/mol. The fourth-order valence-corrected chi connectivity index (χ4v) is 1.29. The van der Waals surface area contributed by atoms with Gasteiger partial charge in [-0.3, -0.25) is 0 Å². The van der Waals surface area contributed by atoms with Crippen molar-refractivity contribution in [2.45, 2.75) is 25.9 Å². The van der Waals surface area contributed by atoms with Gasteiger partial charge in [-0.05, 0) is 31.4 Å². The van der Waals surface area contributed by atoms with Crippen LogP contribution in [-0.4, -0.2) is 6.10 Å².